The third-order valence-electron chi connectivity index (χ3n) is 3.94. The molecule has 3 rings (SSSR count). The maximum Gasteiger partial charge on any atom is 0.326 e. The minimum Gasteiger partial charge on any atom is -0.495 e. The molecule has 0 saturated heterocycles. The van der Waals surface area contributed by atoms with Gasteiger partial charge in [-0.05, 0) is 24.3 Å². The molecular weight excluding hydrogens is 338 g/mol. The van der Waals surface area contributed by atoms with Gasteiger partial charge in [0.1, 0.15) is 18.8 Å². The van der Waals surface area contributed by atoms with Crippen molar-refractivity contribution < 1.29 is 24.2 Å². The zero-order chi connectivity index (χ0) is 18.7. The van der Waals surface area contributed by atoms with Crippen molar-refractivity contribution in [2.75, 3.05) is 35.3 Å². The predicted molar refractivity (Wildman–Crippen MR) is 95.8 cm³/mol. The number of carbonyl (C=O) groups excluding carboxylic acids is 2. The van der Waals surface area contributed by atoms with Crippen molar-refractivity contribution in [2.24, 2.45) is 0 Å². The highest BCUT2D eigenvalue weighted by Crippen LogP contribution is 2.34. The lowest BCUT2D eigenvalue weighted by atomic mass is 10.1. The molecule has 0 radical (unpaired) electrons. The van der Waals surface area contributed by atoms with E-state index in [1.807, 2.05) is 0 Å². The third-order valence-corrected chi connectivity index (χ3v) is 3.94. The molecule has 2 aromatic carbocycles. The van der Waals surface area contributed by atoms with Gasteiger partial charge in [0.15, 0.2) is 0 Å². The van der Waals surface area contributed by atoms with Gasteiger partial charge >= 0.3 is 12.0 Å². The van der Waals surface area contributed by atoms with Gasteiger partial charge in [-0.2, -0.15) is 0 Å². The van der Waals surface area contributed by atoms with Gasteiger partial charge < -0.3 is 15.2 Å². The second kappa shape index (κ2) is 7.14. The van der Waals surface area contributed by atoms with Crippen molar-refractivity contribution in [1.82, 2.24) is 0 Å². The van der Waals surface area contributed by atoms with E-state index in [1.54, 1.807) is 48.5 Å². The molecule has 1 heterocycles. The molecule has 2 N–H and O–H groups in total. The van der Waals surface area contributed by atoms with Crippen LogP contribution in [0.2, 0.25) is 0 Å². The summed E-state index contributed by atoms with van der Waals surface area (Å²) < 4.78 is 5.21. The number of nitrogens with zero attached hydrogens (tertiary/aromatic N) is 2. The highest BCUT2D eigenvalue weighted by molar-refractivity contribution is 6.14. The maximum atomic E-state index is 12.7. The van der Waals surface area contributed by atoms with Gasteiger partial charge in [-0.25, -0.2) is 4.79 Å². The Balaban J connectivity index is 1.91. The Bertz CT molecular complexity index is 867. The van der Waals surface area contributed by atoms with Crippen molar-refractivity contribution in [3.05, 3.63) is 48.5 Å². The van der Waals surface area contributed by atoms with Gasteiger partial charge in [-0.15, -0.1) is 0 Å². The molecule has 3 amide bonds. The number of carbonyl (C=O) groups is 3. The fourth-order valence-corrected chi connectivity index (χ4v) is 2.78. The van der Waals surface area contributed by atoms with E-state index in [0.717, 1.165) is 4.90 Å². The highest BCUT2D eigenvalue weighted by Gasteiger charge is 2.33. The Hall–Kier alpha value is -3.55. The number of ether oxygens (including phenoxy) is 1. The first-order valence-corrected chi connectivity index (χ1v) is 7.84. The van der Waals surface area contributed by atoms with Crippen LogP contribution in [0.15, 0.2) is 48.5 Å². The summed E-state index contributed by atoms with van der Waals surface area (Å²) in [5.74, 6) is -1.11. The summed E-state index contributed by atoms with van der Waals surface area (Å²) >= 11 is 0. The number of aliphatic carboxylic acids is 1. The zero-order valence-electron chi connectivity index (χ0n) is 14.0. The quantitative estimate of drug-likeness (QED) is 0.876. The molecule has 26 heavy (non-hydrogen) atoms. The van der Waals surface area contributed by atoms with Gasteiger partial charge in [-0.3, -0.25) is 19.4 Å². The van der Waals surface area contributed by atoms with Crippen molar-refractivity contribution in [3.8, 4) is 5.75 Å². The van der Waals surface area contributed by atoms with Crippen LogP contribution < -0.4 is 19.9 Å². The molecule has 8 heteroatoms. The summed E-state index contributed by atoms with van der Waals surface area (Å²) in [5.41, 5.74) is 1.31. The smallest absolute Gasteiger partial charge is 0.326 e. The monoisotopic (exact) mass is 355 g/mol. The summed E-state index contributed by atoms with van der Waals surface area (Å²) in [6, 6.07) is 13.1. The van der Waals surface area contributed by atoms with Gasteiger partial charge in [0.25, 0.3) is 0 Å². The molecule has 0 aliphatic carbocycles. The SMILES string of the molecule is COc1ccccc1NC(=O)N1CC(=O)N(CC(=O)O)c2ccccc21. The number of hydrogen-bond donors (Lipinski definition) is 2. The summed E-state index contributed by atoms with van der Waals surface area (Å²) in [6.45, 7) is -0.719. The number of benzene rings is 2. The van der Waals surface area contributed by atoms with Gasteiger partial charge in [0.05, 0.1) is 24.2 Å². The summed E-state index contributed by atoms with van der Waals surface area (Å²) in [5, 5.41) is 11.8. The number of anilines is 3. The third kappa shape index (κ3) is 3.30. The maximum absolute atomic E-state index is 12.7. The molecule has 0 aromatic heterocycles. The number of rotatable bonds is 4. The number of carboxylic acids is 1. The average molecular weight is 355 g/mol. The Morgan fingerprint density at radius 1 is 1.12 bits per heavy atom. The number of fused-ring (bicyclic) bond motifs is 1. The van der Waals surface area contributed by atoms with Crippen molar-refractivity contribution in [3.63, 3.8) is 0 Å². The van der Waals surface area contributed by atoms with Gasteiger partial charge in [-0.1, -0.05) is 24.3 Å². The van der Waals surface area contributed by atoms with Crippen molar-refractivity contribution in [2.45, 2.75) is 0 Å². The van der Waals surface area contributed by atoms with Crippen LogP contribution in [0.5, 0.6) is 5.75 Å². The molecule has 0 spiro atoms. The number of hydrogen-bond acceptors (Lipinski definition) is 4. The number of amides is 3. The van der Waals surface area contributed by atoms with Crippen LogP contribution in [0, 0.1) is 0 Å². The van der Waals surface area contributed by atoms with Crippen LogP contribution in [0.4, 0.5) is 21.9 Å². The lowest BCUT2D eigenvalue weighted by Gasteiger charge is -2.35. The van der Waals surface area contributed by atoms with Gasteiger partial charge in [0, 0.05) is 0 Å². The fraction of sp³-hybridized carbons (Fsp3) is 0.167. The highest BCUT2D eigenvalue weighted by atomic mass is 16.5. The van der Waals surface area contributed by atoms with E-state index in [9.17, 15) is 14.4 Å². The summed E-state index contributed by atoms with van der Waals surface area (Å²) in [4.78, 5) is 38.6. The number of nitrogens with one attached hydrogen (secondary N) is 1. The molecular formula is C18H17N3O5. The zero-order valence-corrected chi connectivity index (χ0v) is 14.0. The van der Waals surface area contributed by atoms with E-state index in [1.165, 1.54) is 12.0 Å². The van der Waals surface area contributed by atoms with Crippen LogP contribution in [0.25, 0.3) is 0 Å². The van der Waals surface area contributed by atoms with E-state index >= 15 is 0 Å². The number of methoxy groups -OCH3 is 1. The van der Waals surface area contributed by atoms with E-state index in [2.05, 4.69) is 5.32 Å². The molecule has 0 bridgehead atoms. The molecule has 0 fully saturated rings. The molecule has 1 aliphatic rings. The molecule has 134 valence electrons. The molecule has 0 atom stereocenters. The topological polar surface area (TPSA) is 99.2 Å². The fourth-order valence-electron chi connectivity index (χ4n) is 2.78. The molecule has 1 aliphatic heterocycles. The minimum absolute atomic E-state index is 0.259. The van der Waals surface area contributed by atoms with Gasteiger partial charge in [0.2, 0.25) is 5.91 Å². The van der Waals surface area contributed by atoms with Crippen molar-refractivity contribution in [1.29, 1.82) is 0 Å². The second-order valence-corrected chi connectivity index (χ2v) is 5.58. The van der Waals surface area contributed by atoms with E-state index in [4.69, 9.17) is 9.84 Å². The lowest BCUT2D eigenvalue weighted by Crippen LogP contribution is -2.50. The standard InChI is InChI=1S/C18H17N3O5/c1-26-15-9-5-2-6-12(15)19-18(25)21-10-16(22)20(11-17(23)24)13-7-3-4-8-14(13)21/h2-9H,10-11H2,1H3,(H,19,25)(H,23,24). The predicted octanol–water partition coefficient (Wildman–Crippen LogP) is 2.16. The Kier molecular flexibility index (Phi) is 4.74. The van der Waals surface area contributed by atoms with Crippen LogP contribution >= 0.6 is 0 Å². The molecule has 2 aromatic rings. The van der Waals surface area contributed by atoms with E-state index in [0.29, 0.717) is 22.8 Å². The molecule has 0 saturated carbocycles. The molecule has 0 unspecified atom stereocenters. The number of urea groups is 1. The van der Waals surface area contributed by atoms with Crippen LogP contribution in [0.1, 0.15) is 0 Å². The van der Waals surface area contributed by atoms with Crippen LogP contribution in [0.3, 0.4) is 0 Å². The molecule has 8 nitrogen and oxygen atoms in total. The number of carboxylic acid groups (broad SMARTS) is 1. The van der Waals surface area contributed by atoms with E-state index < -0.39 is 24.5 Å². The van der Waals surface area contributed by atoms with Crippen molar-refractivity contribution >= 4 is 35.0 Å². The summed E-state index contributed by atoms with van der Waals surface area (Å²) in [6.07, 6.45) is 0. The van der Waals surface area contributed by atoms with Crippen LogP contribution in [-0.2, 0) is 9.59 Å². The second-order valence-electron chi connectivity index (χ2n) is 5.58. The van der Waals surface area contributed by atoms with E-state index in [-0.39, 0.29) is 6.54 Å². The normalized spacial score (nSPS) is 13.2. The first-order chi connectivity index (χ1) is 12.5. The minimum atomic E-state index is -1.12. The lowest BCUT2D eigenvalue weighted by molar-refractivity contribution is -0.136. The first kappa shape index (κ1) is 17.3. The van der Waals surface area contributed by atoms with Crippen LogP contribution in [-0.4, -0.2) is 43.2 Å². The average Bonchev–Trinajstić information content (AvgIpc) is 2.64. The Labute approximate surface area is 149 Å². The number of para-hydroxylation sites is 4. The summed E-state index contributed by atoms with van der Waals surface area (Å²) in [7, 11) is 1.49. The Morgan fingerprint density at radius 2 is 1.77 bits per heavy atom. The largest absolute Gasteiger partial charge is 0.495 e. The Morgan fingerprint density at radius 3 is 2.46 bits per heavy atom. The first-order valence-electron chi connectivity index (χ1n) is 7.84.